The number of imide groups is 1. The lowest BCUT2D eigenvalue weighted by molar-refractivity contribution is -0.137. The van der Waals surface area contributed by atoms with E-state index in [1.807, 2.05) is 30.3 Å². The van der Waals surface area contributed by atoms with Crippen molar-refractivity contribution in [1.29, 1.82) is 0 Å². The summed E-state index contributed by atoms with van der Waals surface area (Å²) >= 11 is 1.50. The van der Waals surface area contributed by atoms with Gasteiger partial charge in [-0.25, -0.2) is 14.6 Å². The van der Waals surface area contributed by atoms with Crippen LogP contribution in [-0.4, -0.2) is 48.8 Å². The minimum absolute atomic E-state index is 0.0877. The summed E-state index contributed by atoms with van der Waals surface area (Å²) in [6.45, 7) is 0.403. The first kappa shape index (κ1) is 15.8. The maximum atomic E-state index is 11.7. The van der Waals surface area contributed by atoms with Gasteiger partial charge in [-0.05, 0) is 12.1 Å². The lowest BCUT2D eigenvalue weighted by Crippen LogP contribution is -2.31. The molecular formula is C17H15N5O2S. The van der Waals surface area contributed by atoms with Crippen molar-refractivity contribution in [1.82, 2.24) is 24.6 Å². The van der Waals surface area contributed by atoms with Crippen LogP contribution in [0.5, 0.6) is 0 Å². The number of para-hydroxylation sites is 1. The van der Waals surface area contributed by atoms with Crippen LogP contribution in [0, 0.1) is 0 Å². The topological polar surface area (TPSA) is 81.0 Å². The quantitative estimate of drug-likeness (QED) is 0.397. The summed E-state index contributed by atoms with van der Waals surface area (Å²) in [6, 6.07) is 9.78. The standard InChI is InChI=1S/C17H15N5O2S/c23-14-6-7-15(24)21(14)8-9-25-17-13-10-20-22(16(13)18-11-19-17)12-4-2-1-3-5-12/h1-5,10-11H,6-9H2. The van der Waals surface area contributed by atoms with Gasteiger partial charge < -0.3 is 0 Å². The Bertz CT molecular complexity index is 925. The summed E-state index contributed by atoms with van der Waals surface area (Å²) < 4.78 is 1.77. The molecule has 0 radical (unpaired) electrons. The van der Waals surface area contributed by atoms with Gasteiger partial charge in [0.25, 0.3) is 0 Å². The number of carbonyl (C=O) groups is 2. The van der Waals surface area contributed by atoms with Crippen molar-refractivity contribution < 1.29 is 9.59 Å². The van der Waals surface area contributed by atoms with Crippen molar-refractivity contribution in [2.45, 2.75) is 17.9 Å². The number of rotatable bonds is 5. The molecule has 3 aromatic rings. The van der Waals surface area contributed by atoms with E-state index in [1.54, 1.807) is 10.9 Å². The van der Waals surface area contributed by atoms with Crippen LogP contribution < -0.4 is 0 Å². The van der Waals surface area contributed by atoms with E-state index >= 15 is 0 Å². The average molecular weight is 353 g/mol. The number of carbonyl (C=O) groups excluding carboxylic acids is 2. The molecule has 0 bridgehead atoms. The molecule has 4 rings (SSSR count). The molecular weight excluding hydrogens is 338 g/mol. The second-order valence-electron chi connectivity index (χ2n) is 5.60. The first-order valence-corrected chi connectivity index (χ1v) is 8.93. The van der Waals surface area contributed by atoms with Crippen molar-refractivity contribution in [3.63, 3.8) is 0 Å². The third-order valence-corrected chi connectivity index (χ3v) is 5.02. The van der Waals surface area contributed by atoms with E-state index in [9.17, 15) is 9.59 Å². The fourth-order valence-electron chi connectivity index (χ4n) is 2.80. The van der Waals surface area contributed by atoms with E-state index in [4.69, 9.17) is 0 Å². The van der Waals surface area contributed by atoms with Crippen molar-refractivity contribution in [2.24, 2.45) is 0 Å². The van der Waals surface area contributed by atoms with Crippen LogP contribution in [-0.2, 0) is 9.59 Å². The fraction of sp³-hybridized carbons (Fsp3) is 0.235. The maximum Gasteiger partial charge on any atom is 0.229 e. The molecule has 1 fully saturated rings. The number of aromatic nitrogens is 4. The van der Waals surface area contributed by atoms with Gasteiger partial charge in [0, 0.05) is 25.1 Å². The van der Waals surface area contributed by atoms with E-state index < -0.39 is 0 Å². The maximum absolute atomic E-state index is 11.7. The van der Waals surface area contributed by atoms with Crippen LogP contribution in [0.3, 0.4) is 0 Å². The van der Waals surface area contributed by atoms with E-state index in [2.05, 4.69) is 15.1 Å². The van der Waals surface area contributed by atoms with Gasteiger partial charge in [-0.15, -0.1) is 11.8 Å². The highest BCUT2D eigenvalue weighted by atomic mass is 32.2. The minimum atomic E-state index is -0.0877. The number of hydrogen-bond acceptors (Lipinski definition) is 6. The first-order chi connectivity index (χ1) is 12.2. The molecule has 126 valence electrons. The Morgan fingerprint density at radius 2 is 1.80 bits per heavy atom. The fourth-order valence-corrected chi connectivity index (χ4v) is 3.69. The summed E-state index contributed by atoms with van der Waals surface area (Å²) in [5, 5.41) is 6.07. The van der Waals surface area contributed by atoms with Crippen LogP contribution in [0.2, 0.25) is 0 Å². The van der Waals surface area contributed by atoms with Crippen LogP contribution in [0.25, 0.3) is 16.7 Å². The number of nitrogens with zero attached hydrogens (tertiary/aromatic N) is 5. The van der Waals surface area contributed by atoms with Crippen molar-refractivity contribution in [2.75, 3.05) is 12.3 Å². The normalized spacial score (nSPS) is 14.6. The number of hydrogen-bond donors (Lipinski definition) is 0. The SMILES string of the molecule is O=C1CCC(=O)N1CCSc1ncnc2c1cnn2-c1ccccc1. The van der Waals surface area contributed by atoms with Gasteiger partial charge in [0.2, 0.25) is 11.8 Å². The number of benzene rings is 1. The lowest BCUT2D eigenvalue weighted by Gasteiger charge is -2.12. The average Bonchev–Trinajstić information content (AvgIpc) is 3.21. The molecule has 2 aromatic heterocycles. The van der Waals surface area contributed by atoms with E-state index in [0.717, 1.165) is 21.7 Å². The molecule has 0 aliphatic carbocycles. The molecule has 25 heavy (non-hydrogen) atoms. The van der Waals surface area contributed by atoms with Gasteiger partial charge in [0.1, 0.15) is 11.4 Å². The molecule has 1 aromatic carbocycles. The molecule has 2 amide bonds. The van der Waals surface area contributed by atoms with Crippen LogP contribution in [0.15, 0.2) is 47.9 Å². The smallest absolute Gasteiger partial charge is 0.229 e. The molecule has 3 heterocycles. The zero-order chi connectivity index (χ0) is 17.2. The predicted molar refractivity (Wildman–Crippen MR) is 93.3 cm³/mol. The van der Waals surface area contributed by atoms with Crippen LogP contribution in [0.1, 0.15) is 12.8 Å². The second kappa shape index (κ2) is 6.64. The molecule has 0 unspecified atom stereocenters. The van der Waals surface area contributed by atoms with Gasteiger partial charge >= 0.3 is 0 Å². The number of fused-ring (bicyclic) bond motifs is 1. The highest BCUT2D eigenvalue weighted by Crippen LogP contribution is 2.26. The second-order valence-corrected chi connectivity index (χ2v) is 6.68. The van der Waals surface area contributed by atoms with Gasteiger partial charge in [-0.1, -0.05) is 18.2 Å². The number of likely N-dealkylation sites (tertiary alicyclic amines) is 1. The van der Waals surface area contributed by atoms with Crippen LogP contribution in [0.4, 0.5) is 0 Å². The zero-order valence-corrected chi connectivity index (χ0v) is 14.1. The number of amides is 2. The van der Waals surface area contributed by atoms with Gasteiger partial charge in [-0.2, -0.15) is 5.10 Å². The zero-order valence-electron chi connectivity index (χ0n) is 13.3. The molecule has 1 saturated heterocycles. The Labute approximate surface area is 148 Å². The summed E-state index contributed by atoms with van der Waals surface area (Å²) in [6.07, 6.45) is 3.91. The molecule has 1 aliphatic rings. The minimum Gasteiger partial charge on any atom is -0.282 e. The Morgan fingerprint density at radius 1 is 1.04 bits per heavy atom. The summed E-state index contributed by atoms with van der Waals surface area (Å²) in [4.78, 5) is 33.3. The molecule has 8 heteroatoms. The lowest BCUT2D eigenvalue weighted by atomic mass is 10.3. The molecule has 1 aliphatic heterocycles. The predicted octanol–water partition coefficient (Wildman–Crippen LogP) is 2.06. The first-order valence-electron chi connectivity index (χ1n) is 7.94. The highest BCUT2D eigenvalue weighted by Gasteiger charge is 2.28. The Kier molecular flexibility index (Phi) is 4.19. The van der Waals surface area contributed by atoms with E-state index in [1.165, 1.54) is 23.0 Å². The number of thioether (sulfide) groups is 1. The molecule has 0 saturated carbocycles. The van der Waals surface area contributed by atoms with Crippen molar-refractivity contribution >= 4 is 34.6 Å². The summed E-state index contributed by atoms with van der Waals surface area (Å²) in [7, 11) is 0. The Morgan fingerprint density at radius 3 is 2.56 bits per heavy atom. The molecule has 0 N–H and O–H groups in total. The van der Waals surface area contributed by atoms with Gasteiger partial charge in [0.15, 0.2) is 5.65 Å². The third-order valence-electron chi connectivity index (χ3n) is 4.04. The van der Waals surface area contributed by atoms with E-state index in [0.29, 0.717) is 25.1 Å². The monoisotopic (exact) mass is 353 g/mol. The summed E-state index contributed by atoms with van der Waals surface area (Å²) in [5.74, 6) is 0.422. The Balaban J connectivity index is 1.54. The van der Waals surface area contributed by atoms with Crippen molar-refractivity contribution in [3.05, 3.63) is 42.9 Å². The molecule has 7 nitrogen and oxygen atoms in total. The van der Waals surface area contributed by atoms with Crippen LogP contribution >= 0.6 is 11.8 Å². The highest BCUT2D eigenvalue weighted by molar-refractivity contribution is 7.99. The molecule has 0 atom stereocenters. The van der Waals surface area contributed by atoms with Crippen molar-refractivity contribution in [3.8, 4) is 5.69 Å². The van der Waals surface area contributed by atoms with Gasteiger partial charge in [0.05, 0.1) is 17.3 Å². The molecule has 0 spiro atoms. The largest absolute Gasteiger partial charge is 0.282 e. The third kappa shape index (κ3) is 3.00. The van der Waals surface area contributed by atoms with Gasteiger partial charge in [-0.3, -0.25) is 14.5 Å². The van der Waals surface area contributed by atoms with E-state index in [-0.39, 0.29) is 11.8 Å². The Hall–Kier alpha value is -2.74. The summed E-state index contributed by atoms with van der Waals surface area (Å²) in [5.41, 5.74) is 1.66.